The number of hydrogen-bond acceptors (Lipinski definition) is 2. The van der Waals surface area contributed by atoms with Gasteiger partial charge < -0.3 is 9.47 Å². The zero-order chi connectivity index (χ0) is 16.4. The molecular formula is C22H18O2. The second-order valence-electron chi connectivity index (χ2n) is 5.76. The summed E-state index contributed by atoms with van der Waals surface area (Å²) in [5.41, 5.74) is 4.61. The molecular weight excluding hydrogens is 296 g/mol. The molecule has 2 nitrogen and oxygen atoms in total. The molecule has 1 heterocycles. The average molecular weight is 314 g/mol. The summed E-state index contributed by atoms with van der Waals surface area (Å²) in [7, 11) is 1.67. The quantitative estimate of drug-likeness (QED) is 0.656. The van der Waals surface area contributed by atoms with E-state index in [1.54, 1.807) is 7.11 Å². The zero-order valence-corrected chi connectivity index (χ0v) is 13.5. The van der Waals surface area contributed by atoms with Crippen LogP contribution in [0.15, 0.2) is 84.9 Å². The van der Waals surface area contributed by atoms with Gasteiger partial charge in [-0.15, -0.1) is 0 Å². The van der Waals surface area contributed by atoms with E-state index in [0.29, 0.717) is 0 Å². The summed E-state index contributed by atoms with van der Waals surface area (Å²) in [6.07, 6.45) is 2.08. The molecule has 1 unspecified atom stereocenters. The van der Waals surface area contributed by atoms with Crippen molar-refractivity contribution in [3.63, 3.8) is 0 Å². The van der Waals surface area contributed by atoms with Crippen molar-refractivity contribution in [3.8, 4) is 11.5 Å². The molecule has 1 aliphatic rings. The molecule has 1 aliphatic heterocycles. The highest BCUT2D eigenvalue weighted by Crippen LogP contribution is 2.41. The predicted octanol–water partition coefficient (Wildman–Crippen LogP) is 5.26. The van der Waals surface area contributed by atoms with Crippen LogP contribution in [0.3, 0.4) is 0 Å². The largest absolute Gasteiger partial charge is 0.497 e. The van der Waals surface area contributed by atoms with Gasteiger partial charge in [0.2, 0.25) is 0 Å². The Bertz CT molecular complexity index is 867. The first-order chi connectivity index (χ1) is 11.8. The number of methoxy groups -OCH3 is 1. The zero-order valence-electron chi connectivity index (χ0n) is 13.5. The van der Waals surface area contributed by atoms with Gasteiger partial charge in [0.25, 0.3) is 0 Å². The van der Waals surface area contributed by atoms with Crippen LogP contribution in [0.5, 0.6) is 11.5 Å². The molecule has 0 saturated carbocycles. The Morgan fingerprint density at radius 2 is 1.54 bits per heavy atom. The third-order valence-corrected chi connectivity index (χ3v) is 4.26. The van der Waals surface area contributed by atoms with Crippen molar-refractivity contribution < 1.29 is 9.47 Å². The fraction of sp³-hybridized carbons (Fsp3) is 0.0909. The molecule has 0 spiro atoms. The fourth-order valence-electron chi connectivity index (χ4n) is 3.04. The molecule has 0 amide bonds. The number of hydrogen-bond donors (Lipinski definition) is 0. The normalized spacial score (nSPS) is 15.9. The van der Waals surface area contributed by atoms with E-state index in [9.17, 15) is 0 Å². The number of ether oxygens (including phenoxy) is 2. The molecule has 3 aromatic rings. The van der Waals surface area contributed by atoms with E-state index >= 15 is 0 Å². The Morgan fingerprint density at radius 3 is 2.25 bits per heavy atom. The van der Waals surface area contributed by atoms with Gasteiger partial charge in [-0.3, -0.25) is 0 Å². The van der Waals surface area contributed by atoms with Crippen molar-refractivity contribution in [2.75, 3.05) is 7.11 Å². The topological polar surface area (TPSA) is 18.5 Å². The van der Waals surface area contributed by atoms with Crippen LogP contribution in [-0.4, -0.2) is 7.11 Å². The van der Waals surface area contributed by atoms with Crippen LogP contribution in [0, 0.1) is 0 Å². The maximum absolute atomic E-state index is 6.26. The smallest absolute Gasteiger partial charge is 0.143 e. The minimum Gasteiger partial charge on any atom is -0.497 e. The maximum atomic E-state index is 6.26. The van der Waals surface area contributed by atoms with Gasteiger partial charge in [0.15, 0.2) is 0 Å². The van der Waals surface area contributed by atoms with Gasteiger partial charge in [0.1, 0.15) is 17.6 Å². The van der Waals surface area contributed by atoms with E-state index in [-0.39, 0.29) is 6.10 Å². The molecule has 3 aromatic carbocycles. The minimum atomic E-state index is -0.110. The highest BCUT2D eigenvalue weighted by Gasteiger charge is 2.23. The summed E-state index contributed by atoms with van der Waals surface area (Å²) in [4.78, 5) is 0. The van der Waals surface area contributed by atoms with Crippen molar-refractivity contribution in [2.45, 2.75) is 6.10 Å². The fourth-order valence-corrected chi connectivity index (χ4v) is 3.04. The Kier molecular flexibility index (Phi) is 3.80. The third-order valence-electron chi connectivity index (χ3n) is 4.26. The molecule has 24 heavy (non-hydrogen) atoms. The summed E-state index contributed by atoms with van der Waals surface area (Å²) < 4.78 is 11.6. The first-order valence-corrected chi connectivity index (χ1v) is 8.02. The lowest BCUT2D eigenvalue weighted by atomic mass is 9.92. The standard InChI is InChI=1S/C22H18O2/c1-23-18-12-13-19-20(16-8-4-2-5-9-16)15-21(24-22(19)14-18)17-10-6-3-7-11-17/h2-15,21H,1H3. The average Bonchev–Trinajstić information content (AvgIpc) is 2.68. The Labute approximate surface area is 142 Å². The van der Waals surface area contributed by atoms with Crippen LogP contribution in [0.25, 0.3) is 5.57 Å². The first kappa shape index (κ1) is 14.6. The summed E-state index contributed by atoms with van der Waals surface area (Å²) in [5.74, 6) is 1.65. The molecule has 0 radical (unpaired) electrons. The Balaban J connectivity index is 1.86. The third kappa shape index (κ3) is 2.67. The second kappa shape index (κ2) is 6.25. The lowest BCUT2D eigenvalue weighted by Crippen LogP contribution is -2.12. The Hall–Kier alpha value is -3.00. The molecule has 0 aliphatic carbocycles. The molecule has 118 valence electrons. The van der Waals surface area contributed by atoms with Crippen LogP contribution in [-0.2, 0) is 0 Å². The molecule has 2 heteroatoms. The van der Waals surface area contributed by atoms with Crippen molar-refractivity contribution in [1.82, 2.24) is 0 Å². The van der Waals surface area contributed by atoms with Gasteiger partial charge >= 0.3 is 0 Å². The van der Waals surface area contributed by atoms with Gasteiger partial charge in [0.05, 0.1) is 7.11 Å². The van der Waals surface area contributed by atoms with Gasteiger partial charge in [0, 0.05) is 11.6 Å². The van der Waals surface area contributed by atoms with Gasteiger partial charge in [-0.1, -0.05) is 60.7 Å². The van der Waals surface area contributed by atoms with E-state index in [0.717, 1.165) is 22.6 Å². The molecule has 4 rings (SSSR count). The second-order valence-corrected chi connectivity index (χ2v) is 5.76. The summed E-state index contributed by atoms with van der Waals surface area (Å²) >= 11 is 0. The molecule has 0 aromatic heterocycles. The predicted molar refractivity (Wildman–Crippen MR) is 96.3 cm³/mol. The van der Waals surface area contributed by atoms with E-state index in [1.165, 1.54) is 11.1 Å². The number of fused-ring (bicyclic) bond motifs is 1. The van der Waals surface area contributed by atoms with Crippen molar-refractivity contribution in [1.29, 1.82) is 0 Å². The van der Waals surface area contributed by atoms with E-state index in [4.69, 9.17) is 9.47 Å². The van der Waals surface area contributed by atoms with E-state index < -0.39 is 0 Å². The van der Waals surface area contributed by atoms with Crippen LogP contribution in [0.4, 0.5) is 0 Å². The monoisotopic (exact) mass is 314 g/mol. The van der Waals surface area contributed by atoms with Crippen molar-refractivity contribution in [3.05, 3.63) is 102 Å². The highest BCUT2D eigenvalue weighted by atomic mass is 16.5. The van der Waals surface area contributed by atoms with Crippen molar-refractivity contribution >= 4 is 5.57 Å². The van der Waals surface area contributed by atoms with Crippen LogP contribution in [0.1, 0.15) is 22.8 Å². The lowest BCUT2D eigenvalue weighted by molar-refractivity contribution is 0.249. The van der Waals surface area contributed by atoms with E-state index in [2.05, 4.69) is 48.5 Å². The molecule has 0 N–H and O–H groups in total. The number of benzene rings is 3. The molecule has 1 atom stereocenters. The number of rotatable bonds is 3. The summed E-state index contributed by atoms with van der Waals surface area (Å²) in [6.45, 7) is 0. The van der Waals surface area contributed by atoms with Gasteiger partial charge in [-0.05, 0) is 34.9 Å². The summed E-state index contributed by atoms with van der Waals surface area (Å²) in [5, 5.41) is 0. The van der Waals surface area contributed by atoms with Crippen LogP contribution < -0.4 is 9.47 Å². The highest BCUT2D eigenvalue weighted by molar-refractivity contribution is 5.84. The van der Waals surface area contributed by atoms with Gasteiger partial charge in [-0.25, -0.2) is 0 Å². The maximum Gasteiger partial charge on any atom is 0.143 e. The molecule has 0 bridgehead atoms. The Morgan fingerprint density at radius 1 is 0.833 bits per heavy atom. The van der Waals surface area contributed by atoms with E-state index in [1.807, 2.05) is 36.4 Å². The summed E-state index contributed by atoms with van der Waals surface area (Å²) in [6, 6.07) is 26.7. The lowest BCUT2D eigenvalue weighted by Gasteiger charge is -2.26. The van der Waals surface area contributed by atoms with Crippen molar-refractivity contribution in [2.24, 2.45) is 0 Å². The van der Waals surface area contributed by atoms with Crippen LogP contribution in [0.2, 0.25) is 0 Å². The minimum absolute atomic E-state index is 0.110. The van der Waals surface area contributed by atoms with Crippen LogP contribution >= 0.6 is 0 Å². The SMILES string of the molecule is COc1ccc2c(c1)OC(c1ccccc1)C=C2c1ccccc1. The molecule has 0 fully saturated rings. The molecule has 0 saturated heterocycles. The first-order valence-electron chi connectivity index (χ1n) is 8.02. The van der Waals surface area contributed by atoms with Gasteiger partial charge in [-0.2, -0.15) is 0 Å².